The normalized spacial score (nSPS) is 14.5. The van der Waals surface area contributed by atoms with Crippen molar-refractivity contribution in [2.75, 3.05) is 13.2 Å². The van der Waals surface area contributed by atoms with Gasteiger partial charge < -0.3 is 10.4 Å². The van der Waals surface area contributed by atoms with E-state index in [1.54, 1.807) is 6.92 Å². The molecule has 0 radical (unpaired) electrons. The third-order valence-corrected chi connectivity index (χ3v) is 3.07. The van der Waals surface area contributed by atoms with Crippen LogP contribution in [0.25, 0.3) is 0 Å². The van der Waals surface area contributed by atoms with Crippen molar-refractivity contribution in [1.29, 1.82) is 0 Å². The Morgan fingerprint density at radius 2 is 1.83 bits per heavy atom. The minimum atomic E-state index is -0.515. The van der Waals surface area contributed by atoms with Crippen molar-refractivity contribution < 1.29 is 13.9 Å². The van der Waals surface area contributed by atoms with Gasteiger partial charge in [0.15, 0.2) is 0 Å². The van der Waals surface area contributed by atoms with Gasteiger partial charge >= 0.3 is 0 Å². The summed E-state index contributed by atoms with van der Waals surface area (Å²) in [6.07, 6.45) is 1.78. The summed E-state index contributed by atoms with van der Waals surface area (Å²) in [7, 11) is 0. The second-order valence-electron chi connectivity index (χ2n) is 4.74. The molecule has 1 aromatic rings. The average Bonchev–Trinajstić information content (AvgIpc) is 2.34. The van der Waals surface area contributed by atoms with Crippen LogP contribution in [0, 0.1) is 17.6 Å². The monoisotopic (exact) mass is 257 g/mol. The minimum absolute atomic E-state index is 0.0905. The van der Waals surface area contributed by atoms with Gasteiger partial charge in [-0.3, -0.25) is 0 Å². The summed E-state index contributed by atoms with van der Waals surface area (Å²) in [5.41, 5.74) is 0.0905. The van der Waals surface area contributed by atoms with Gasteiger partial charge in [0, 0.05) is 18.2 Å². The van der Waals surface area contributed by atoms with E-state index in [1.165, 1.54) is 18.2 Å². The highest BCUT2D eigenvalue weighted by molar-refractivity contribution is 5.22. The predicted octanol–water partition coefficient (Wildman–Crippen LogP) is 3.02. The molecule has 1 rings (SSSR count). The highest BCUT2D eigenvalue weighted by Gasteiger charge is 2.15. The van der Waals surface area contributed by atoms with Crippen LogP contribution in [-0.2, 0) is 0 Å². The Bertz CT molecular complexity index is 351. The standard InChI is InChI=1S/C14H21F2NO/c1-10(9-18)5-4-8-17-11(2)14-12(15)6-3-7-13(14)16/h3,6-7,10-11,17-18H,4-5,8-9H2,1-2H3. The van der Waals surface area contributed by atoms with Crippen molar-refractivity contribution in [2.45, 2.75) is 32.7 Å². The second-order valence-corrected chi connectivity index (χ2v) is 4.74. The number of hydrogen-bond donors (Lipinski definition) is 2. The summed E-state index contributed by atoms with van der Waals surface area (Å²) in [6.45, 7) is 4.58. The Morgan fingerprint density at radius 3 is 2.39 bits per heavy atom. The van der Waals surface area contributed by atoms with Crippen LogP contribution in [0.1, 0.15) is 38.3 Å². The lowest BCUT2D eigenvalue weighted by Crippen LogP contribution is -2.22. The van der Waals surface area contributed by atoms with Crippen molar-refractivity contribution >= 4 is 0 Å². The largest absolute Gasteiger partial charge is 0.396 e. The fourth-order valence-electron chi connectivity index (χ4n) is 1.89. The van der Waals surface area contributed by atoms with E-state index in [4.69, 9.17) is 5.11 Å². The predicted molar refractivity (Wildman–Crippen MR) is 68.3 cm³/mol. The third-order valence-electron chi connectivity index (χ3n) is 3.07. The molecule has 0 saturated carbocycles. The van der Waals surface area contributed by atoms with Gasteiger partial charge in [0.05, 0.1) is 0 Å². The van der Waals surface area contributed by atoms with E-state index in [0.29, 0.717) is 6.54 Å². The highest BCUT2D eigenvalue weighted by atomic mass is 19.1. The van der Waals surface area contributed by atoms with Gasteiger partial charge in [0.25, 0.3) is 0 Å². The fraction of sp³-hybridized carbons (Fsp3) is 0.571. The summed E-state index contributed by atoms with van der Waals surface area (Å²) in [4.78, 5) is 0. The smallest absolute Gasteiger partial charge is 0.130 e. The zero-order chi connectivity index (χ0) is 13.5. The maximum atomic E-state index is 13.5. The minimum Gasteiger partial charge on any atom is -0.396 e. The van der Waals surface area contributed by atoms with Gasteiger partial charge in [0.1, 0.15) is 11.6 Å². The van der Waals surface area contributed by atoms with Crippen LogP contribution in [0.2, 0.25) is 0 Å². The fourth-order valence-corrected chi connectivity index (χ4v) is 1.89. The van der Waals surface area contributed by atoms with Crippen LogP contribution in [0.15, 0.2) is 18.2 Å². The first kappa shape index (κ1) is 15.1. The first-order valence-electron chi connectivity index (χ1n) is 6.34. The molecule has 0 aliphatic carbocycles. The molecule has 0 spiro atoms. The summed E-state index contributed by atoms with van der Waals surface area (Å²) in [6, 6.07) is 3.55. The molecule has 2 nitrogen and oxygen atoms in total. The second kappa shape index (κ2) is 7.44. The van der Waals surface area contributed by atoms with E-state index in [9.17, 15) is 8.78 Å². The molecule has 0 aromatic heterocycles. The van der Waals surface area contributed by atoms with E-state index in [1.807, 2.05) is 6.92 Å². The molecular weight excluding hydrogens is 236 g/mol. The van der Waals surface area contributed by atoms with Gasteiger partial charge in [0.2, 0.25) is 0 Å². The van der Waals surface area contributed by atoms with Gasteiger partial charge in [-0.05, 0) is 44.4 Å². The molecule has 4 heteroatoms. The molecule has 0 saturated heterocycles. The number of hydrogen-bond acceptors (Lipinski definition) is 2. The molecular formula is C14H21F2NO. The quantitative estimate of drug-likeness (QED) is 0.736. The van der Waals surface area contributed by atoms with Gasteiger partial charge in [-0.1, -0.05) is 13.0 Å². The zero-order valence-electron chi connectivity index (χ0n) is 10.9. The summed E-state index contributed by atoms with van der Waals surface area (Å²) in [5.74, 6) is -0.759. The summed E-state index contributed by atoms with van der Waals surface area (Å²) >= 11 is 0. The highest BCUT2D eigenvalue weighted by Crippen LogP contribution is 2.20. The average molecular weight is 257 g/mol. The molecule has 2 atom stereocenters. The molecule has 2 N–H and O–H groups in total. The Hall–Kier alpha value is -1.00. The van der Waals surface area contributed by atoms with Crippen LogP contribution in [0.5, 0.6) is 0 Å². The van der Waals surface area contributed by atoms with E-state index in [-0.39, 0.29) is 24.1 Å². The van der Waals surface area contributed by atoms with Crippen molar-refractivity contribution in [3.63, 3.8) is 0 Å². The van der Waals surface area contributed by atoms with Crippen molar-refractivity contribution in [3.05, 3.63) is 35.4 Å². The molecule has 0 fully saturated rings. The Labute approximate surface area is 107 Å². The zero-order valence-corrected chi connectivity index (χ0v) is 10.9. The van der Waals surface area contributed by atoms with Gasteiger partial charge in [-0.25, -0.2) is 8.78 Å². The maximum Gasteiger partial charge on any atom is 0.130 e. The lowest BCUT2D eigenvalue weighted by molar-refractivity contribution is 0.227. The lowest BCUT2D eigenvalue weighted by atomic mass is 10.1. The molecule has 0 aliphatic heterocycles. The molecule has 0 amide bonds. The van der Waals surface area contributed by atoms with E-state index in [0.717, 1.165) is 12.8 Å². The first-order chi connectivity index (χ1) is 8.56. The lowest BCUT2D eigenvalue weighted by Gasteiger charge is -2.16. The van der Waals surface area contributed by atoms with Crippen LogP contribution < -0.4 is 5.32 Å². The molecule has 102 valence electrons. The summed E-state index contributed by atoms with van der Waals surface area (Å²) < 4.78 is 27.0. The molecule has 0 heterocycles. The van der Waals surface area contributed by atoms with Crippen molar-refractivity contribution in [1.82, 2.24) is 5.32 Å². The van der Waals surface area contributed by atoms with E-state index < -0.39 is 11.6 Å². The maximum absolute atomic E-state index is 13.5. The van der Waals surface area contributed by atoms with Crippen molar-refractivity contribution in [3.8, 4) is 0 Å². The Kier molecular flexibility index (Phi) is 6.22. The van der Waals surface area contributed by atoms with Gasteiger partial charge in [-0.2, -0.15) is 0 Å². The van der Waals surface area contributed by atoms with Crippen LogP contribution in [0.3, 0.4) is 0 Å². The SMILES string of the molecule is CC(CO)CCCNC(C)c1c(F)cccc1F. The van der Waals surface area contributed by atoms with E-state index in [2.05, 4.69) is 5.32 Å². The number of halogens is 2. The van der Waals surface area contributed by atoms with Crippen LogP contribution in [0.4, 0.5) is 8.78 Å². The molecule has 2 unspecified atom stereocenters. The number of benzene rings is 1. The Balaban J connectivity index is 2.43. The molecule has 0 aliphatic rings. The number of nitrogens with one attached hydrogen (secondary N) is 1. The first-order valence-corrected chi connectivity index (χ1v) is 6.34. The third kappa shape index (κ3) is 4.35. The topological polar surface area (TPSA) is 32.3 Å². The van der Waals surface area contributed by atoms with Crippen LogP contribution >= 0.6 is 0 Å². The van der Waals surface area contributed by atoms with Crippen molar-refractivity contribution in [2.24, 2.45) is 5.92 Å². The number of aliphatic hydroxyl groups excluding tert-OH is 1. The summed E-state index contributed by atoms with van der Waals surface area (Å²) in [5, 5.41) is 12.0. The number of rotatable bonds is 7. The van der Waals surface area contributed by atoms with Gasteiger partial charge in [-0.15, -0.1) is 0 Å². The Morgan fingerprint density at radius 1 is 1.22 bits per heavy atom. The molecule has 0 bridgehead atoms. The molecule has 18 heavy (non-hydrogen) atoms. The van der Waals surface area contributed by atoms with Crippen LogP contribution in [-0.4, -0.2) is 18.3 Å². The number of aliphatic hydroxyl groups is 1. The molecule has 1 aromatic carbocycles. The van der Waals surface area contributed by atoms with E-state index >= 15 is 0 Å².